The van der Waals surface area contributed by atoms with E-state index >= 15 is 0 Å². The van der Waals surface area contributed by atoms with Gasteiger partial charge in [0.2, 0.25) is 5.91 Å². The Morgan fingerprint density at radius 1 is 1.39 bits per heavy atom. The van der Waals surface area contributed by atoms with Crippen molar-refractivity contribution < 1.29 is 4.79 Å². The minimum atomic E-state index is 0.209. The van der Waals surface area contributed by atoms with E-state index in [1.165, 1.54) is 24.0 Å². The fourth-order valence-corrected chi connectivity index (χ4v) is 3.18. The fourth-order valence-electron chi connectivity index (χ4n) is 3.18. The van der Waals surface area contributed by atoms with Gasteiger partial charge in [0, 0.05) is 18.8 Å². The Morgan fingerprint density at radius 3 is 3.00 bits per heavy atom. The maximum Gasteiger partial charge on any atom is 0.231 e. The molecule has 2 aliphatic heterocycles. The molecule has 0 aromatic heterocycles. The molecule has 1 fully saturated rings. The first kappa shape index (κ1) is 11.7. The van der Waals surface area contributed by atoms with E-state index < -0.39 is 0 Å². The lowest BCUT2D eigenvalue weighted by Gasteiger charge is -2.28. The maximum atomic E-state index is 11.7. The Labute approximate surface area is 108 Å². The molecule has 0 spiro atoms. The Bertz CT molecular complexity index is 483. The zero-order chi connectivity index (χ0) is 12.7. The van der Waals surface area contributed by atoms with Gasteiger partial charge in [0.15, 0.2) is 0 Å². The smallest absolute Gasteiger partial charge is 0.231 e. The summed E-state index contributed by atoms with van der Waals surface area (Å²) in [4.78, 5) is 13.5. The Kier molecular flexibility index (Phi) is 2.86. The molecule has 1 amide bonds. The Hall–Kier alpha value is -1.35. The molecule has 1 N–H and O–H groups in total. The lowest BCUT2D eigenvalue weighted by Crippen LogP contribution is -2.34. The lowest BCUT2D eigenvalue weighted by atomic mass is 9.86. The van der Waals surface area contributed by atoms with Crippen molar-refractivity contribution in [3.05, 3.63) is 29.3 Å². The number of benzene rings is 1. The van der Waals surface area contributed by atoms with Crippen LogP contribution in [-0.2, 0) is 11.2 Å². The zero-order valence-corrected chi connectivity index (χ0v) is 11.1. The first-order valence-corrected chi connectivity index (χ1v) is 6.78. The third-order valence-electron chi connectivity index (χ3n) is 4.28. The summed E-state index contributed by atoms with van der Waals surface area (Å²) in [6.45, 7) is 3.35. The number of fused-ring (bicyclic) bond motifs is 1. The number of piperidine rings is 1. The molecule has 2 aliphatic rings. The Balaban J connectivity index is 1.87. The van der Waals surface area contributed by atoms with Crippen molar-refractivity contribution in [1.29, 1.82) is 0 Å². The van der Waals surface area contributed by atoms with Gasteiger partial charge in [-0.3, -0.25) is 4.79 Å². The van der Waals surface area contributed by atoms with Crippen LogP contribution in [0.5, 0.6) is 0 Å². The topological polar surface area (TPSA) is 32.3 Å². The molecule has 0 radical (unpaired) electrons. The first-order valence-electron chi connectivity index (χ1n) is 6.78. The quantitative estimate of drug-likeness (QED) is 0.820. The summed E-state index contributed by atoms with van der Waals surface area (Å²) in [5.41, 5.74) is 3.70. The van der Waals surface area contributed by atoms with Crippen molar-refractivity contribution >= 4 is 11.6 Å². The predicted molar refractivity (Wildman–Crippen MR) is 73.0 cm³/mol. The zero-order valence-electron chi connectivity index (χ0n) is 11.1. The van der Waals surface area contributed by atoms with E-state index in [4.69, 9.17) is 0 Å². The second-order valence-corrected chi connectivity index (χ2v) is 5.59. The molecule has 1 aromatic rings. The normalized spacial score (nSPS) is 27.4. The third-order valence-corrected chi connectivity index (χ3v) is 4.28. The van der Waals surface area contributed by atoms with Gasteiger partial charge in [-0.05, 0) is 49.4 Å². The van der Waals surface area contributed by atoms with E-state index in [2.05, 4.69) is 30.4 Å². The monoisotopic (exact) mass is 244 g/mol. The number of likely N-dealkylation sites (N-methyl/N-ethyl adjacent to an activating group) is 1. The van der Waals surface area contributed by atoms with Crippen LogP contribution >= 0.6 is 0 Å². The molecular weight excluding hydrogens is 224 g/mol. The van der Waals surface area contributed by atoms with Crippen LogP contribution in [0.4, 0.5) is 5.69 Å². The number of hydrogen-bond donors (Lipinski definition) is 1. The lowest BCUT2D eigenvalue weighted by molar-refractivity contribution is -0.117. The van der Waals surface area contributed by atoms with Crippen LogP contribution in [0.1, 0.15) is 36.8 Å². The van der Waals surface area contributed by atoms with Crippen molar-refractivity contribution in [3.63, 3.8) is 0 Å². The number of nitrogens with zero attached hydrogens (tertiary/aromatic N) is 1. The van der Waals surface area contributed by atoms with E-state index in [1.54, 1.807) is 4.90 Å². The molecule has 2 atom stereocenters. The van der Waals surface area contributed by atoms with Gasteiger partial charge in [0.1, 0.15) is 0 Å². The van der Waals surface area contributed by atoms with Crippen LogP contribution in [0, 0.1) is 0 Å². The standard InChI is InChI=1S/C15H20N2O/c1-10-7-12(5-6-16-10)11-3-4-14-13(8-11)9-15(18)17(14)2/h3-4,8,10,12,16H,5-7,9H2,1-2H3. The second-order valence-electron chi connectivity index (χ2n) is 5.59. The molecule has 96 valence electrons. The largest absolute Gasteiger partial charge is 0.315 e. The number of amides is 1. The summed E-state index contributed by atoms with van der Waals surface area (Å²) in [5.74, 6) is 0.855. The van der Waals surface area contributed by atoms with Crippen molar-refractivity contribution in [2.75, 3.05) is 18.5 Å². The summed E-state index contributed by atoms with van der Waals surface area (Å²) in [7, 11) is 1.86. The number of hydrogen-bond acceptors (Lipinski definition) is 2. The third kappa shape index (κ3) is 1.93. The van der Waals surface area contributed by atoms with Crippen LogP contribution in [0.3, 0.4) is 0 Å². The van der Waals surface area contributed by atoms with Crippen LogP contribution < -0.4 is 10.2 Å². The summed E-state index contributed by atoms with van der Waals surface area (Å²) < 4.78 is 0. The van der Waals surface area contributed by atoms with Crippen LogP contribution in [0.25, 0.3) is 0 Å². The fraction of sp³-hybridized carbons (Fsp3) is 0.533. The van der Waals surface area contributed by atoms with Crippen LogP contribution in [-0.4, -0.2) is 25.5 Å². The molecule has 0 bridgehead atoms. The summed E-state index contributed by atoms with van der Waals surface area (Å²) in [5, 5.41) is 3.49. The molecule has 3 nitrogen and oxygen atoms in total. The van der Waals surface area contributed by atoms with E-state index in [9.17, 15) is 4.79 Å². The highest BCUT2D eigenvalue weighted by Crippen LogP contribution is 2.34. The van der Waals surface area contributed by atoms with Gasteiger partial charge < -0.3 is 10.2 Å². The van der Waals surface area contributed by atoms with Crippen LogP contribution in [0.2, 0.25) is 0 Å². The minimum Gasteiger partial charge on any atom is -0.315 e. The van der Waals surface area contributed by atoms with Gasteiger partial charge in [-0.2, -0.15) is 0 Å². The van der Waals surface area contributed by atoms with Gasteiger partial charge >= 0.3 is 0 Å². The molecule has 0 saturated carbocycles. The molecule has 2 unspecified atom stereocenters. The highest BCUT2D eigenvalue weighted by molar-refractivity contribution is 6.00. The average molecular weight is 244 g/mol. The summed E-state index contributed by atoms with van der Waals surface area (Å²) in [6.07, 6.45) is 2.97. The summed E-state index contributed by atoms with van der Waals surface area (Å²) in [6, 6.07) is 7.17. The highest BCUT2D eigenvalue weighted by Gasteiger charge is 2.26. The molecule has 3 rings (SSSR count). The molecule has 0 aliphatic carbocycles. The van der Waals surface area contributed by atoms with Gasteiger partial charge in [0.05, 0.1) is 6.42 Å². The maximum absolute atomic E-state index is 11.7. The number of carbonyl (C=O) groups excluding carboxylic acids is 1. The van der Waals surface area contributed by atoms with Crippen molar-refractivity contribution in [3.8, 4) is 0 Å². The van der Waals surface area contributed by atoms with Gasteiger partial charge in [-0.1, -0.05) is 12.1 Å². The molecule has 3 heteroatoms. The number of rotatable bonds is 1. The van der Waals surface area contributed by atoms with Crippen molar-refractivity contribution in [2.45, 2.75) is 38.1 Å². The van der Waals surface area contributed by atoms with E-state index in [-0.39, 0.29) is 5.91 Å². The van der Waals surface area contributed by atoms with E-state index in [0.717, 1.165) is 12.2 Å². The molecule has 1 saturated heterocycles. The summed E-state index contributed by atoms with van der Waals surface area (Å²) >= 11 is 0. The van der Waals surface area contributed by atoms with E-state index in [1.807, 2.05) is 7.05 Å². The predicted octanol–water partition coefficient (Wildman–Crippen LogP) is 2.06. The highest BCUT2D eigenvalue weighted by atomic mass is 16.2. The Morgan fingerprint density at radius 2 is 2.22 bits per heavy atom. The van der Waals surface area contributed by atoms with Gasteiger partial charge in [0.25, 0.3) is 0 Å². The molecular formula is C15H20N2O. The minimum absolute atomic E-state index is 0.209. The second kappa shape index (κ2) is 4.39. The molecule has 2 heterocycles. The van der Waals surface area contributed by atoms with E-state index in [0.29, 0.717) is 18.4 Å². The SMILES string of the molecule is CC1CC(c2ccc3c(c2)CC(=O)N3C)CCN1. The number of nitrogens with one attached hydrogen (secondary N) is 1. The van der Waals surface area contributed by atoms with Crippen molar-refractivity contribution in [1.82, 2.24) is 5.32 Å². The van der Waals surface area contributed by atoms with Gasteiger partial charge in [-0.15, -0.1) is 0 Å². The van der Waals surface area contributed by atoms with Crippen molar-refractivity contribution in [2.24, 2.45) is 0 Å². The number of carbonyl (C=O) groups is 1. The molecule has 1 aromatic carbocycles. The van der Waals surface area contributed by atoms with Crippen LogP contribution in [0.15, 0.2) is 18.2 Å². The number of anilines is 1. The first-order chi connectivity index (χ1) is 8.65. The molecule has 18 heavy (non-hydrogen) atoms. The average Bonchev–Trinajstić information content (AvgIpc) is 2.65. The van der Waals surface area contributed by atoms with Gasteiger partial charge in [-0.25, -0.2) is 0 Å².